The second kappa shape index (κ2) is 8.91. The quantitative estimate of drug-likeness (QED) is 0.406. The average Bonchev–Trinajstić information content (AvgIpc) is 2.91. The second-order valence-corrected chi connectivity index (χ2v) is 11.0. The van der Waals surface area contributed by atoms with E-state index >= 15 is 0 Å². The molecule has 0 aliphatic heterocycles. The molecular formula is C25H40S. The van der Waals surface area contributed by atoms with Crippen molar-refractivity contribution < 1.29 is 0 Å². The van der Waals surface area contributed by atoms with E-state index in [1.807, 2.05) is 11.3 Å². The third-order valence-corrected chi connectivity index (χ3v) is 6.99. The number of rotatable bonds is 8. The molecule has 0 saturated carbocycles. The molecule has 146 valence electrons. The van der Waals surface area contributed by atoms with Crippen molar-refractivity contribution in [3.63, 3.8) is 0 Å². The second-order valence-electron chi connectivity index (χ2n) is 9.99. The number of benzene rings is 1. The highest BCUT2D eigenvalue weighted by molar-refractivity contribution is 7.19. The molecule has 2 rings (SSSR count). The zero-order chi connectivity index (χ0) is 19.4. The van der Waals surface area contributed by atoms with Crippen LogP contribution in [0.15, 0.2) is 18.2 Å². The highest BCUT2D eigenvalue weighted by Gasteiger charge is 2.24. The van der Waals surface area contributed by atoms with Crippen LogP contribution in [0.25, 0.3) is 10.1 Å². The molecule has 0 N–H and O–H groups in total. The molecule has 0 fully saturated rings. The standard InChI is InChI=1S/C25H40S/c1-8-9-10-11-12-13-14-15-21-20-17-16-19(24(2,3)4)18-22(20)26-23(21)25(5,6)7/h16-18H,8-15H2,1-7H3. The fraction of sp³-hybridized carbons (Fsp3) is 0.680. The Morgan fingerprint density at radius 1 is 0.769 bits per heavy atom. The van der Waals surface area contributed by atoms with E-state index in [4.69, 9.17) is 0 Å². The first-order valence-corrected chi connectivity index (χ1v) is 11.5. The lowest BCUT2D eigenvalue weighted by Crippen LogP contribution is -2.11. The summed E-state index contributed by atoms with van der Waals surface area (Å²) in [5.74, 6) is 0. The maximum atomic E-state index is 2.45. The predicted octanol–water partition coefficient (Wildman–Crippen LogP) is 8.79. The molecule has 1 heterocycles. The largest absolute Gasteiger partial charge is 0.139 e. The van der Waals surface area contributed by atoms with Crippen LogP contribution in [0, 0.1) is 0 Å². The molecule has 0 radical (unpaired) electrons. The van der Waals surface area contributed by atoms with E-state index in [9.17, 15) is 0 Å². The third-order valence-electron chi connectivity index (χ3n) is 5.37. The summed E-state index contributed by atoms with van der Waals surface area (Å²) in [6, 6.07) is 7.21. The van der Waals surface area contributed by atoms with Gasteiger partial charge in [0.1, 0.15) is 0 Å². The minimum absolute atomic E-state index is 0.221. The first-order valence-electron chi connectivity index (χ1n) is 10.7. The Morgan fingerprint density at radius 2 is 1.38 bits per heavy atom. The molecule has 1 heteroatoms. The Morgan fingerprint density at radius 3 is 1.96 bits per heavy atom. The lowest BCUT2D eigenvalue weighted by molar-refractivity contribution is 0.577. The third kappa shape index (κ3) is 5.59. The molecule has 0 aliphatic carbocycles. The normalized spacial score (nSPS) is 12.9. The molecule has 0 bridgehead atoms. The van der Waals surface area contributed by atoms with E-state index in [0.717, 1.165) is 0 Å². The van der Waals surface area contributed by atoms with Crippen LogP contribution >= 0.6 is 11.3 Å². The SMILES string of the molecule is CCCCCCCCCc1c(C(C)(C)C)sc2cc(C(C)(C)C)ccc12. The summed E-state index contributed by atoms with van der Waals surface area (Å²) in [5, 5.41) is 1.51. The fourth-order valence-corrected chi connectivity index (χ4v) is 5.08. The van der Waals surface area contributed by atoms with Gasteiger partial charge < -0.3 is 0 Å². The number of unbranched alkanes of at least 4 members (excludes halogenated alkanes) is 6. The van der Waals surface area contributed by atoms with Gasteiger partial charge in [-0.2, -0.15) is 0 Å². The van der Waals surface area contributed by atoms with Gasteiger partial charge >= 0.3 is 0 Å². The van der Waals surface area contributed by atoms with Crippen LogP contribution in [0.5, 0.6) is 0 Å². The van der Waals surface area contributed by atoms with Crippen LogP contribution < -0.4 is 0 Å². The van der Waals surface area contributed by atoms with Crippen molar-refractivity contribution in [1.82, 2.24) is 0 Å². The number of hydrogen-bond donors (Lipinski definition) is 0. The van der Waals surface area contributed by atoms with Crippen LogP contribution in [0.1, 0.15) is 109 Å². The van der Waals surface area contributed by atoms with Crippen LogP contribution in [-0.2, 0) is 17.3 Å². The van der Waals surface area contributed by atoms with Gasteiger partial charge in [0.05, 0.1) is 0 Å². The van der Waals surface area contributed by atoms with Crippen molar-refractivity contribution >= 4 is 21.4 Å². The van der Waals surface area contributed by atoms with Gasteiger partial charge in [0.15, 0.2) is 0 Å². The number of thiophene rings is 1. The van der Waals surface area contributed by atoms with Crippen molar-refractivity contribution in [3.05, 3.63) is 34.2 Å². The maximum Gasteiger partial charge on any atom is 0.0351 e. The van der Waals surface area contributed by atoms with Gasteiger partial charge in [-0.15, -0.1) is 11.3 Å². The molecule has 0 spiro atoms. The van der Waals surface area contributed by atoms with Crippen molar-refractivity contribution in [2.24, 2.45) is 0 Å². The molecule has 1 aromatic carbocycles. The van der Waals surface area contributed by atoms with Gasteiger partial charge in [-0.3, -0.25) is 0 Å². The molecule has 0 unspecified atom stereocenters. The number of hydrogen-bond acceptors (Lipinski definition) is 1. The summed E-state index contributed by atoms with van der Waals surface area (Å²) in [5.41, 5.74) is 3.54. The van der Waals surface area contributed by atoms with Gasteiger partial charge in [0.2, 0.25) is 0 Å². The number of fused-ring (bicyclic) bond motifs is 1. The maximum absolute atomic E-state index is 2.45. The molecule has 0 nitrogen and oxygen atoms in total. The first kappa shape index (κ1) is 21.5. The summed E-state index contributed by atoms with van der Waals surface area (Å²) in [4.78, 5) is 1.60. The van der Waals surface area contributed by atoms with Crippen molar-refractivity contribution in [3.8, 4) is 0 Å². The van der Waals surface area contributed by atoms with E-state index in [-0.39, 0.29) is 10.8 Å². The van der Waals surface area contributed by atoms with Crippen LogP contribution in [-0.4, -0.2) is 0 Å². The topological polar surface area (TPSA) is 0 Å². The van der Waals surface area contributed by atoms with E-state index in [0.29, 0.717) is 0 Å². The summed E-state index contributed by atoms with van der Waals surface area (Å²) in [6.45, 7) is 16.3. The minimum atomic E-state index is 0.221. The van der Waals surface area contributed by atoms with E-state index in [1.165, 1.54) is 67.0 Å². The molecule has 2 aromatic rings. The lowest BCUT2D eigenvalue weighted by atomic mass is 9.85. The van der Waals surface area contributed by atoms with E-state index < -0.39 is 0 Å². The molecular weight excluding hydrogens is 332 g/mol. The summed E-state index contributed by atoms with van der Waals surface area (Å²) in [6.07, 6.45) is 10.9. The molecule has 26 heavy (non-hydrogen) atoms. The fourth-order valence-electron chi connectivity index (χ4n) is 3.73. The smallest absolute Gasteiger partial charge is 0.0351 e. The Hall–Kier alpha value is -0.820. The number of aryl methyl sites for hydroxylation is 1. The van der Waals surface area contributed by atoms with Crippen LogP contribution in [0.2, 0.25) is 0 Å². The summed E-state index contributed by atoms with van der Waals surface area (Å²) >= 11 is 2.04. The molecule has 0 atom stereocenters. The van der Waals surface area contributed by atoms with Gasteiger partial charge in [0, 0.05) is 9.58 Å². The average molecular weight is 373 g/mol. The molecule has 0 amide bonds. The molecule has 0 saturated heterocycles. The van der Waals surface area contributed by atoms with Gasteiger partial charge in [0.25, 0.3) is 0 Å². The zero-order valence-corrected chi connectivity index (χ0v) is 19.1. The highest BCUT2D eigenvalue weighted by Crippen LogP contribution is 2.41. The Kier molecular flexibility index (Phi) is 7.36. The highest BCUT2D eigenvalue weighted by atomic mass is 32.1. The Bertz CT molecular complexity index is 691. The first-order chi connectivity index (χ1) is 12.1. The van der Waals surface area contributed by atoms with Gasteiger partial charge in [-0.1, -0.05) is 99.1 Å². The minimum Gasteiger partial charge on any atom is -0.139 e. The molecule has 0 aliphatic rings. The van der Waals surface area contributed by atoms with Crippen molar-refractivity contribution in [2.45, 2.75) is 111 Å². The Labute approximate surface area is 166 Å². The van der Waals surface area contributed by atoms with Gasteiger partial charge in [-0.05, 0) is 46.3 Å². The monoisotopic (exact) mass is 372 g/mol. The summed E-state index contributed by atoms with van der Waals surface area (Å²) < 4.78 is 1.49. The van der Waals surface area contributed by atoms with Crippen LogP contribution in [0.3, 0.4) is 0 Å². The van der Waals surface area contributed by atoms with E-state index in [1.54, 1.807) is 10.4 Å². The zero-order valence-electron chi connectivity index (χ0n) is 18.3. The summed E-state index contributed by atoms with van der Waals surface area (Å²) in [7, 11) is 0. The Balaban J connectivity index is 2.18. The van der Waals surface area contributed by atoms with Gasteiger partial charge in [-0.25, -0.2) is 0 Å². The van der Waals surface area contributed by atoms with Crippen LogP contribution in [0.4, 0.5) is 0 Å². The predicted molar refractivity (Wildman–Crippen MR) is 121 cm³/mol. The molecule has 1 aromatic heterocycles. The lowest BCUT2D eigenvalue weighted by Gasteiger charge is -2.19. The van der Waals surface area contributed by atoms with Crippen molar-refractivity contribution in [1.29, 1.82) is 0 Å². The van der Waals surface area contributed by atoms with E-state index in [2.05, 4.69) is 66.7 Å². The van der Waals surface area contributed by atoms with Crippen molar-refractivity contribution in [2.75, 3.05) is 0 Å².